The summed E-state index contributed by atoms with van der Waals surface area (Å²) in [6, 6.07) is 14.8. The first-order valence-electron chi connectivity index (χ1n) is 7.25. The minimum Gasteiger partial charge on any atom is -0.424 e. The molecule has 0 aliphatic rings. The third-order valence-electron chi connectivity index (χ3n) is 3.28. The first kappa shape index (κ1) is 16.4. The number of amides is 1. The number of rotatable bonds is 4. The number of nitrogens with one attached hydrogen (secondary N) is 1. The molecule has 1 N–H and O–H groups in total. The second-order valence-corrected chi connectivity index (χ2v) is 6.13. The average Bonchev–Trinajstić information content (AvgIpc) is 2.58. The lowest BCUT2D eigenvalue weighted by Crippen LogP contribution is -2.13. The van der Waals surface area contributed by atoms with Crippen molar-refractivity contribution in [2.45, 2.75) is 6.92 Å². The van der Waals surface area contributed by atoms with Crippen molar-refractivity contribution in [2.75, 3.05) is 5.32 Å². The van der Waals surface area contributed by atoms with Crippen molar-refractivity contribution in [1.29, 1.82) is 0 Å². The molecular weight excluding hydrogens is 417 g/mol. The second kappa shape index (κ2) is 7.39. The summed E-state index contributed by atoms with van der Waals surface area (Å²) in [5.41, 5.74) is 2.36. The van der Waals surface area contributed by atoms with Crippen molar-refractivity contribution in [3.63, 3.8) is 0 Å². The average molecular weight is 431 g/mol. The maximum Gasteiger partial charge on any atom is 0.321 e. The minimum atomic E-state index is -0.156. The smallest absolute Gasteiger partial charge is 0.321 e. The minimum absolute atomic E-state index is 0.156. The third-order valence-corrected chi connectivity index (χ3v) is 4.71. The van der Waals surface area contributed by atoms with E-state index in [-0.39, 0.29) is 11.9 Å². The Morgan fingerprint density at radius 2 is 1.83 bits per heavy atom. The highest BCUT2D eigenvalue weighted by Crippen LogP contribution is 2.23. The van der Waals surface area contributed by atoms with Crippen LogP contribution >= 0.6 is 22.6 Å². The molecule has 3 aromatic rings. The van der Waals surface area contributed by atoms with E-state index in [1.807, 2.05) is 25.1 Å². The summed E-state index contributed by atoms with van der Waals surface area (Å²) in [5, 5.41) is 2.89. The van der Waals surface area contributed by atoms with Gasteiger partial charge in [-0.15, -0.1) is 0 Å². The fraction of sp³-hybridized carbons (Fsp3) is 0.0556. The Bertz CT molecular complexity index is 869. The normalized spacial score (nSPS) is 10.2. The molecule has 0 unspecified atom stereocenters. The predicted molar refractivity (Wildman–Crippen MR) is 100 cm³/mol. The van der Waals surface area contributed by atoms with E-state index in [4.69, 9.17) is 4.74 Å². The molecule has 1 amide bonds. The van der Waals surface area contributed by atoms with E-state index in [9.17, 15) is 4.79 Å². The number of aromatic nitrogens is 2. The summed E-state index contributed by atoms with van der Waals surface area (Å²) in [6.07, 6.45) is 3.21. The molecule has 0 radical (unpaired) electrons. The van der Waals surface area contributed by atoms with Gasteiger partial charge in [-0.2, -0.15) is 0 Å². The van der Waals surface area contributed by atoms with Crippen molar-refractivity contribution in [1.82, 2.24) is 9.97 Å². The van der Waals surface area contributed by atoms with Crippen molar-refractivity contribution >= 4 is 34.2 Å². The van der Waals surface area contributed by atoms with E-state index in [2.05, 4.69) is 37.9 Å². The zero-order valence-corrected chi connectivity index (χ0v) is 15.0. The maximum absolute atomic E-state index is 12.5. The van der Waals surface area contributed by atoms with Gasteiger partial charge in [-0.05, 0) is 59.3 Å². The molecule has 1 heterocycles. The van der Waals surface area contributed by atoms with Gasteiger partial charge in [-0.25, -0.2) is 9.97 Å². The van der Waals surface area contributed by atoms with Crippen molar-refractivity contribution in [2.24, 2.45) is 0 Å². The number of hydrogen-bond donors (Lipinski definition) is 1. The van der Waals surface area contributed by atoms with Gasteiger partial charge in [0.05, 0.1) is 5.56 Å². The molecule has 0 aliphatic carbocycles. The van der Waals surface area contributed by atoms with Crippen molar-refractivity contribution in [3.8, 4) is 11.8 Å². The van der Waals surface area contributed by atoms with Crippen LogP contribution in [0.15, 0.2) is 60.9 Å². The van der Waals surface area contributed by atoms with Gasteiger partial charge in [0.1, 0.15) is 5.75 Å². The molecule has 0 saturated carbocycles. The second-order valence-electron chi connectivity index (χ2n) is 5.05. The van der Waals surface area contributed by atoms with Gasteiger partial charge in [0.15, 0.2) is 0 Å². The summed E-state index contributed by atoms with van der Waals surface area (Å²) in [5.74, 6) is 0.397. The van der Waals surface area contributed by atoms with Gasteiger partial charge < -0.3 is 10.1 Å². The summed E-state index contributed by atoms with van der Waals surface area (Å²) in [7, 11) is 0. The quantitative estimate of drug-likeness (QED) is 0.621. The van der Waals surface area contributed by atoms with Crippen LogP contribution < -0.4 is 10.1 Å². The zero-order chi connectivity index (χ0) is 16.9. The molecule has 120 valence electrons. The molecule has 24 heavy (non-hydrogen) atoms. The molecule has 2 aromatic carbocycles. The molecule has 3 rings (SSSR count). The fourth-order valence-corrected chi connectivity index (χ4v) is 2.71. The van der Waals surface area contributed by atoms with E-state index < -0.39 is 0 Å². The number of nitrogens with zero attached hydrogens (tertiary/aromatic N) is 2. The van der Waals surface area contributed by atoms with Crippen LogP contribution in [0.3, 0.4) is 0 Å². The van der Waals surface area contributed by atoms with Crippen LogP contribution in [-0.2, 0) is 0 Å². The molecule has 0 atom stereocenters. The molecule has 6 heteroatoms. The van der Waals surface area contributed by atoms with Gasteiger partial charge in [-0.3, -0.25) is 4.79 Å². The van der Waals surface area contributed by atoms with E-state index in [0.29, 0.717) is 17.0 Å². The van der Waals surface area contributed by atoms with Crippen LogP contribution in [0.5, 0.6) is 11.8 Å². The maximum atomic E-state index is 12.5. The number of halogens is 1. The summed E-state index contributed by atoms with van der Waals surface area (Å²) < 4.78 is 6.52. The monoisotopic (exact) mass is 431 g/mol. The molecular formula is C18H14IN3O2. The Kier molecular flexibility index (Phi) is 5.05. The highest BCUT2D eigenvalue weighted by atomic mass is 127. The molecule has 0 bridgehead atoms. The summed E-state index contributed by atoms with van der Waals surface area (Å²) >= 11 is 2.18. The lowest BCUT2D eigenvalue weighted by molar-refractivity contribution is 0.102. The lowest BCUT2D eigenvalue weighted by atomic mass is 10.1. The Morgan fingerprint density at radius 1 is 1.08 bits per heavy atom. The van der Waals surface area contributed by atoms with Crippen LogP contribution in [-0.4, -0.2) is 15.9 Å². The molecule has 1 aromatic heterocycles. The SMILES string of the molecule is Cc1cccc(C(=O)Nc2cccc(Oc3ncccn3)c2)c1I. The Hall–Kier alpha value is -2.48. The molecule has 0 fully saturated rings. The number of benzene rings is 2. The van der Waals surface area contributed by atoms with Gasteiger partial charge in [0.2, 0.25) is 0 Å². The van der Waals surface area contributed by atoms with Gasteiger partial charge >= 0.3 is 6.01 Å². The first-order chi connectivity index (χ1) is 11.6. The molecule has 0 aliphatic heterocycles. The fourth-order valence-electron chi connectivity index (χ4n) is 2.10. The van der Waals surface area contributed by atoms with Crippen molar-refractivity contribution in [3.05, 3.63) is 75.6 Å². The Balaban J connectivity index is 1.77. The van der Waals surface area contributed by atoms with Crippen LogP contribution in [0.2, 0.25) is 0 Å². The standard InChI is InChI=1S/C18H14IN3O2/c1-12-5-2-8-15(16(12)19)17(23)22-13-6-3-7-14(11-13)24-18-20-9-4-10-21-18/h2-11H,1H3,(H,22,23). The van der Waals surface area contributed by atoms with E-state index in [1.165, 1.54) is 0 Å². The lowest BCUT2D eigenvalue weighted by Gasteiger charge is -2.10. The van der Waals surface area contributed by atoms with Gasteiger partial charge in [-0.1, -0.05) is 18.2 Å². The van der Waals surface area contributed by atoms with Crippen LogP contribution in [0, 0.1) is 10.5 Å². The molecule has 5 nitrogen and oxygen atoms in total. The number of aryl methyl sites for hydroxylation is 1. The van der Waals surface area contributed by atoms with E-state index in [0.717, 1.165) is 9.13 Å². The number of hydrogen-bond acceptors (Lipinski definition) is 4. The van der Waals surface area contributed by atoms with Crippen molar-refractivity contribution < 1.29 is 9.53 Å². The van der Waals surface area contributed by atoms with Crippen LogP contribution in [0.25, 0.3) is 0 Å². The predicted octanol–water partition coefficient (Wildman–Crippen LogP) is 4.43. The zero-order valence-electron chi connectivity index (χ0n) is 12.9. The summed E-state index contributed by atoms with van der Waals surface area (Å²) in [6.45, 7) is 1.98. The first-order valence-corrected chi connectivity index (χ1v) is 8.33. The molecule has 0 saturated heterocycles. The van der Waals surface area contributed by atoms with E-state index >= 15 is 0 Å². The van der Waals surface area contributed by atoms with Gasteiger partial charge in [0.25, 0.3) is 5.91 Å². The van der Waals surface area contributed by atoms with Crippen LogP contribution in [0.4, 0.5) is 5.69 Å². The van der Waals surface area contributed by atoms with Gasteiger partial charge in [0, 0.05) is 27.7 Å². The molecule has 0 spiro atoms. The Morgan fingerprint density at radius 3 is 2.62 bits per heavy atom. The van der Waals surface area contributed by atoms with E-state index in [1.54, 1.807) is 42.7 Å². The number of carbonyl (C=O) groups excluding carboxylic acids is 1. The highest BCUT2D eigenvalue weighted by molar-refractivity contribution is 14.1. The largest absolute Gasteiger partial charge is 0.424 e. The highest BCUT2D eigenvalue weighted by Gasteiger charge is 2.12. The van der Waals surface area contributed by atoms with Crippen LogP contribution in [0.1, 0.15) is 15.9 Å². The Labute approximate surface area is 153 Å². The number of ether oxygens (including phenoxy) is 1. The third kappa shape index (κ3) is 3.88. The topological polar surface area (TPSA) is 64.1 Å². The summed E-state index contributed by atoms with van der Waals surface area (Å²) in [4.78, 5) is 20.5. The number of carbonyl (C=O) groups is 1. The number of anilines is 1.